The highest BCUT2D eigenvalue weighted by Crippen LogP contribution is 2.30. The van der Waals surface area contributed by atoms with Crippen LogP contribution in [0.1, 0.15) is 28.8 Å². The molecule has 0 bridgehead atoms. The van der Waals surface area contributed by atoms with Gasteiger partial charge >= 0.3 is 6.18 Å². The number of amides is 1. The van der Waals surface area contributed by atoms with E-state index in [9.17, 15) is 26.7 Å². The number of benzene rings is 2. The Hall–Kier alpha value is -3.38. The van der Waals surface area contributed by atoms with E-state index in [0.29, 0.717) is 11.1 Å². The van der Waals surface area contributed by atoms with E-state index in [1.54, 1.807) is 0 Å². The van der Waals surface area contributed by atoms with E-state index in [1.165, 1.54) is 58.4 Å². The van der Waals surface area contributed by atoms with Gasteiger partial charge in [0, 0.05) is 13.1 Å². The van der Waals surface area contributed by atoms with Crippen molar-refractivity contribution in [2.75, 3.05) is 13.1 Å². The second-order valence-corrected chi connectivity index (χ2v) is 7.58. The summed E-state index contributed by atoms with van der Waals surface area (Å²) in [4.78, 5) is 14.2. The molecule has 0 saturated carbocycles. The van der Waals surface area contributed by atoms with Gasteiger partial charge in [0.05, 0.1) is 19.1 Å². The van der Waals surface area contributed by atoms with Gasteiger partial charge in [-0.25, -0.2) is 13.8 Å². The summed E-state index contributed by atoms with van der Waals surface area (Å²) < 4.78 is 66.9. The molecule has 0 aliphatic carbocycles. The lowest BCUT2D eigenvalue weighted by atomic mass is 9.98. The summed E-state index contributed by atoms with van der Waals surface area (Å²) >= 11 is 0. The number of carbonyl (C=O) groups is 1. The van der Waals surface area contributed by atoms with Crippen LogP contribution in [0.25, 0.3) is 0 Å². The maximum Gasteiger partial charge on any atom is 0.451 e. The maximum absolute atomic E-state index is 13.4. The molecule has 1 aromatic heterocycles. The van der Waals surface area contributed by atoms with Crippen molar-refractivity contribution in [3.8, 4) is 0 Å². The highest BCUT2D eigenvalue weighted by atomic mass is 19.4. The molecule has 7 nitrogen and oxygen atoms in total. The van der Waals surface area contributed by atoms with Crippen molar-refractivity contribution in [1.29, 1.82) is 0 Å². The topological polar surface area (TPSA) is 80.3 Å². The van der Waals surface area contributed by atoms with Crippen LogP contribution in [0.3, 0.4) is 0 Å². The predicted molar refractivity (Wildman–Crippen MR) is 106 cm³/mol. The smallest absolute Gasteiger partial charge is 0.332 e. The Labute approximate surface area is 185 Å². The van der Waals surface area contributed by atoms with Gasteiger partial charge in [-0.1, -0.05) is 24.3 Å². The molecule has 0 fully saturated rings. The van der Waals surface area contributed by atoms with Crippen molar-refractivity contribution in [2.45, 2.75) is 25.3 Å². The Morgan fingerprint density at radius 3 is 2.03 bits per heavy atom. The number of nitrogens with zero attached hydrogens (tertiary/aromatic N) is 5. The second kappa shape index (κ2) is 8.87. The fraction of sp³-hybridized carbons (Fsp3) is 0.286. The minimum Gasteiger partial charge on any atom is -0.332 e. The number of carbonyl (C=O) groups excluding carboxylic acids is 1. The number of nitrogens with two attached hydrogens (primary N) is 1. The molecule has 0 unspecified atom stereocenters. The fourth-order valence-corrected chi connectivity index (χ4v) is 3.79. The predicted octanol–water partition coefficient (Wildman–Crippen LogP) is 2.88. The van der Waals surface area contributed by atoms with Crippen LogP contribution in [0.4, 0.5) is 22.0 Å². The molecule has 1 aliphatic rings. The highest BCUT2D eigenvalue weighted by Gasteiger charge is 2.40. The van der Waals surface area contributed by atoms with Crippen LogP contribution in [-0.2, 0) is 24.1 Å². The zero-order chi connectivity index (χ0) is 23.8. The first-order valence-electron chi connectivity index (χ1n) is 9.93. The molecule has 1 amide bonds. The van der Waals surface area contributed by atoms with Gasteiger partial charge < -0.3 is 9.47 Å². The van der Waals surface area contributed by atoms with E-state index in [-0.39, 0.29) is 32.0 Å². The van der Waals surface area contributed by atoms with E-state index < -0.39 is 35.6 Å². The summed E-state index contributed by atoms with van der Waals surface area (Å²) in [7, 11) is 0. The molecular weight excluding hydrogens is 447 g/mol. The standard InChI is InChI=1S/C21H19F5N6O/c22-15-5-1-13(2-6-15)19(14-3-7-16(23)8-4-14)32(27)12-18(33)30-9-10-31-17(11-30)28-29-20(31)21(24,25)26/h1-8,19H,9-12,27H2. The van der Waals surface area contributed by atoms with Crippen LogP contribution in [-0.4, -0.2) is 43.7 Å². The molecule has 2 aromatic carbocycles. The van der Waals surface area contributed by atoms with Crippen LogP contribution >= 0.6 is 0 Å². The third-order valence-corrected chi connectivity index (χ3v) is 5.38. The lowest BCUT2D eigenvalue weighted by Gasteiger charge is -2.32. The highest BCUT2D eigenvalue weighted by molar-refractivity contribution is 5.78. The molecule has 0 atom stereocenters. The number of rotatable bonds is 5. The quantitative estimate of drug-likeness (QED) is 0.355. The molecule has 1 aliphatic heterocycles. The normalized spacial score (nSPS) is 14.1. The largest absolute Gasteiger partial charge is 0.451 e. The van der Waals surface area contributed by atoms with Crippen LogP contribution in [0.15, 0.2) is 48.5 Å². The van der Waals surface area contributed by atoms with Gasteiger partial charge in [-0.15, -0.1) is 10.2 Å². The molecule has 0 spiro atoms. The van der Waals surface area contributed by atoms with Crippen molar-refractivity contribution in [2.24, 2.45) is 5.84 Å². The fourth-order valence-electron chi connectivity index (χ4n) is 3.79. The molecule has 4 rings (SSSR count). The molecule has 2 N–H and O–H groups in total. The number of hydrogen-bond donors (Lipinski definition) is 1. The van der Waals surface area contributed by atoms with Crippen LogP contribution in [0.5, 0.6) is 0 Å². The van der Waals surface area contributed by atoms with E-state index >= 15 is 0 Å². The van der Waals surface area contributed by atoms with Crippen LogP contribution in [0, 0.1) is 11.6 Å². The molecule has 0 saturated heterocycles. The first-order valence-corrected chi connectivity index (χ1v) is 9.93. The second-order valence-electron chi connectivity index (χ2n) is 7.58. The third kappa shape index (κ3) is 4.86. The van der Waals surface area contributed by atoms with Gasteiger partial charge in [0.15, 0.2) is 5.82 Å². The van der Waals surface area contributed by atoms with Crippen molar-refractivity contribution < 1.29 is 26.7 Å². The molecule has 174 valence electrons. The molecule has 2 heterocycles. The zero-order valence-electron chi connectivity index (χ0n) is 17.1. The molecule has 0 radical (unpaired) electrons. The zero-order valence-corrected chi connectivity index (χ0v) is 17.1. The number of hydrazine groups is 1. The molecule has 3 aromatic rings. The number of fused-ring (bicyclic) bond motifs is 1. The number of hydrogen-bond acceptors (Lipinski definition) is 5. The minimum absolute atomic E-state index is 0.0263. The Morgan fingerprint density at radius 1 is 0.970 bits per heavy atom. The van der Waals surface area contributed by atoms with Gasteiger partial charge in [0.1, 0.15) is 11.6 Å². The van der Waals surface area contributed by atoms with E-state index in [4.69, 9.17) is 5.84 Å². The number of alkyl halides is 3. The Kier molecular flexibility index (Phi) is 6.13. The van der Waals surface area contributed by atoms with Crippen molar-refractivity contribution in [1.82, 2.24) is 24.7 Å². The van der Waals surface area contributed by atoms with Crippen molar-refractivity contribution in [3.63, 3.8) is 0 Å². The number of halogens is 5. The van der Waals surface area contributed by atoms with Crippen LogP contribution in [0.2, 0.25) is 0 Å². The summed E-state index contributed by atoms with van der Waals surface area (Å²) in [5.74, 6) is 3.83. The maximum atomic E-state index is 13.4. The summed E-state index contributed by atoms with van der Waals surface area (Å²) in [6.45, 7) is -0.515. The summed E-state index contributed by atoms with van der Waals surface area (Å²) in [5, 5.41) is 7.99. The summed E-state index contributed by atoms with van der Waals surface area (Å²) in [6.07, 6.45) is -4.64. The van der Waals surface area contributed by atoms with E-state index in [1.807, 2.05) is 0 Å². The Balaban J connectivity index is 1.52. The first-order chi connectivity index (χ1) is 15.6. The Bertz CT molecular complexity index is 1080. The van der Waals surface area contributed by atoms with Gasteiger partial charge in [0.2, 0.25) is 11.7 Å². The summed E-state index contributed by atoms with van der Waals surface area (Å²) in [5.41, 5.74) is 1.15. The molecule has 33 heavy (non-hydrogen) atoms. The third-order valence-electron chi connectivity index (χ3n) is 5.38. The monoisotopic (exact) mass is 466 g/mol. The molecule has 12 heteroatoms. The van der Waals surface area contributed by atoms with Gasteiger partial charge in [-0.2, -0.15) is 13.2 Å². The first kappa shape index (κ1) is 22.8. The minimum atomic E-state index is -4.64. The van der Waals surface area contributed by atoms with E-state index in [2.05, 4.69) is 10.2 Å². The lowest BCUT2D eigenvalue weighted by molar-refractivity contribution is -0.148. The molecular formula is C21H19F5N6O. The average molecular weight is 466 g/mol. The van der Waals surface area contributed by atoms with Crippen molar-refractivity contribution in [3.05, 3.63) is 82.9 Å². The van der Waals surface area contributed by atoms with Crippen LogP contribution < -0.4 is 5.84 Å². The van der Waals surface area contributed by atoms with Gasteiger partial charge in [-0.05, 0) is 35.4 Å². The lowest BCUT2D eigenvalue weighted by Crippen LogP contribution is -2.47. The SMILES string of the molecule is NN(CC(=O)N1CCn2c(nnc2C(F)(F)F)C1)C(c1ccc(F)cc1)c1ccc(F)cc1. The van der Waals surface area contributed by atoms with E-state index in [0.717, 1.165) is 4.57 Å². The number of aromatic nitrogens is 3. The van der Waals surface area contributed by atoms with Gasteiger partial charge in [-0.3, -0.25) is 10.6 Å². The summed E-state index contributed by atoms with van der Waals surface area (Å²) in [6, 6.07) is 10.3. The van der Waals surface area contributed by atoms with Gasteiger partial charge in [0.25, 0.3) is 0 Å². The Morgan fingerprint density at radius 2 is 1.52 bits per heavy atom. The van der Waals surface area contributed by atoms with Crippen molar-refractivity contribution >= 4 is 5.91 Å². The average Bonchev–Trinajstić information content (AvgIpc) is 3.20.